The van der Waals surface area contributed by atoms with Gasteiger partial charge in [-0.2, -0.15) is 0 Å². The Kier molecular flexibility index (Phi) is 4.14. The molecule has 0 saturated heterocycles. The molecule has 2 aromatic carbocycles. The Hall–Kier alpha value is -2.22. The van der Waals surface area contributed by atoms with Crippen LogP contribution in [0.2, 0.25) is 0 Å². The molecule has 2 aromatic rings. The van der Waals surface area contributed by atoms with Crippen molar-refractivity contribution in [3.05, 3.63) is 70.8 Å². The third kappa shape index (κ3) is 3.02. The Morgan fingerprint density at radius 2 is 1.65 bits per heavy atom. The van der Waals surface area contributed by atoms with Crippen LogP contribution in [0, 0.1) is 13.8 Å². The molecule has 0 aromatic heterocycles. The van der Waals surface area contributed by atoms with Crippen molar-refractivity contribution in [2.75, 3.05) is 0 Å². The van der Waals surface area contributed by atoms with Gasteiger partial charge in [-0.15, -0.1) is 6.58 Å². The highest BCUT2D eigenvalue weighted by atomic mass is 16.3. The zero-order chi connectivity index (χ0) is 14.7. The molecule has 0 unspecified atom stereocenters. The summed E-state index contributed by atoms with van der Waals surface area (Å²) in [6.07, 6.45) is 3.32. The first-order valence-corrected chi connectivity index (χ1v) is 6.72. The maximum absolute atomic E-state index is 9.76. The monoisotopic (exact) mass is 268 g/mol. The topological polar surface area (TPSA) is 40.5 Å². The van der Waals surface area contributed by atoms with Crippen LogP contribution >= 0.6 is 0 Å². The molecule has 0 aliphatic carbocycles. The summed E-state index contributed by atoms with van der Waals surface area (Å²) in [6, 6.07) is 8.98. The molecule has 0 saturated carbocycles. The fraction of sp³-hybridized carbons (Fsp3) is 0.222. The molecule has 2 nitrogen and oxygen atoms in total. The molecular formula is C18H20O2. The van der Waals surface area contributed by atoms with Crippen molar-refractivity contribution in [2.45, 2.75) is 26.7 Å². The molecule has 20 heavy (non-hydrogen) atoms. The van der Waals surface area contributed by atoms with Gasteiger partial charge in [-0.05, 0) is 78.8 Å². The van der Waals surface area contributed by atoms with Gasteiger partial charge in [0.1, 0.15) is 11.5 Å². The number of rotatable bonds is 4. The first-order valence-electron chi connectivity index (χ1n) is 6.72. The van der Waals surface area contributed by atoms with E-state index in [0.717, 1.165) is 28.7 Å². The van der Waals surface area contributed by atoms with Crippen LogP contribution in [0.15, 0.2) is 43.0 Å². The fourth-order valence-corrected chi connectivity index (χ4v) is 2.43. The number of hydrogen-bond acceptors (Lipinski definition) is 2. The van der Waals surface area contributed by atoms with Crippen molar-refractivity contribution >= 4 is 0 Å². The lowest BCUT2D eigenvalue weighted by atomic mass is 9.93. The Morgan fingerprint density at radius 3 is 2.35 bits per heavy atom. The van der Waals surface area contributed by atoms with E-state index < -0.39 is 0 Å². The van der Waals surface area contributed by atoms with Gasteiger partial charge < -0.3 is 10.2 Å². The lowest BCUT2D eigenvalue weighted by Gasteiger charge is -2.13. The summed E-state index contributed by atoms with van der Waals surface area (Å²) in [5, 5.41) is 19.4. The largest absolute Gasteiger partial charge is 0.508 e. The van der Waals surface area contributed by atoms with Gasteiger partial charge in [0.15, 0.2) is 0 Å². The Balaban J connectivity index is 2.44. The van der Waals surface area contributed by atoms with Crippen molar-refractivity contribution in [3.63, 3.8) is 0 Å². The summed E-state index contributed by atoms with van der Waals surface area (Å²) < 4.78 is 0. The molecule has 0 heterocycles. The van der Waals surface area contributed by atoms with Gasteiger partial charge in [0, 0.05) is 0 Å². The van der Waals surface area contributed by atoms with Crippen LogP contribution in [0.25, 0.3) is 0 Å². The predicted molar refractivity (Wildman–Crippen MR) is 82.4 cm³/mol. The van der Waals surface area contributed by atoms with Gasteiger partial charge in [0.25, 0.3) is 0 Å². The second-order valence-corrected chi connectivity index (χ2v) is 5.17. The number of benzene rings is 2. The molecule has 2 heteroatoms. The third-order valence-electron chi connectivity index (χ3n) is 3.69. The molecule has 0 fully saturated rings. The van der Waals surface area contributed by atoms with E-state index >= 15 is 0 Å². The van der Waals surface area contributed by atoms with E-state index in [4.69, 9.17) is 0 Å². The zero-order valence-electron chi connectivity index (χ0n) is 12.0. The van der Waals surface area contributed by atoms with Crippen LogP contribution in [0.1, 0.15) is 27.8 Å². The summed E-state index contributed by atoms with van der Waals surface area (Å²) in [5.41, 5.74) is 5.55. The van der Waals surface area contributed by atoms with E-state index in [2.05, 4.69) is 13.5 Å². The smallest absolute Gasteiger partial charge is 0.116 e. The summed E-state index contributed by atoms with van der Waals surface area (Å²) >= 11 is 0. The van der Waals surface area contributed by atoms with Crippen molar-refractivity contribution in [1.29, 1.82) is 0 Å². The van der Waals surface area contributed by atoms with Gasteiger partial charge >= 0.3 is 0 Å². The SMILES string of the molecule is C=CCc1ccc(O)cc1Cc1cc(O)cc(C)c1C. The summed E-state index contributed by atoms with van der Waals surface area (Å²) in [7, 11) is 0. The van der Waals surface area contributed by atoms with E-state index in [9.17, 15) is 10.2 Å². The molecule has 0 spiro atoms. The van der Waals surface area contributed by atoms with Gasteiger partial charge in [-0.3, -0.25) is 0 Å². The van der Waals surface area contributed by atoms with Crippen LogP contribution in [0.3, 0.4) is 0 Å². The molecule has 0 atom stereocenters. The van der Waals surface area contributed by atoms with Crippen molar-refractivity contribution in [2.24, 2.45) is 0 Å². The molecule has 2 N–H and O–H groups in total. The van der Waals surface area contributed by atoms with E-state index in [0.29, 0.717) is 6.42 Å². The average molecular weight is 268 g/mol. The normalized spacial score (nSPS) is 10.5. The minimum Gasteiger partial charge on any atom is -0.508 e. The Bertz CT molecular complexity index is 642. The zero-order valence-corrected chi connectivity index (χ0v) is 12.0. The average Bonchev–Trinajstić information content (AvgIpc) is 2.38. The summed E-state index contributed by atoms with van der Waals surface area (Å²) in [5.74, 6) is 0.552. The number of phenolic OH excluding ortho intramolecular Hbond substituents is 2. The predicted octanol–water partition coefficient (Wildman–Crippen LogP) is 4.03. The molecule has 0 aliphatic rings. The highest BCUT2D eigenvalue weighted by Crippen LogP contribution is 2.26. The van der Waals surface area contributed by atoms with E-state index in [1.807, 2.05) is 19.1 Å². The van der Waals surface area contributed by atoms with Crippen LogP contribution in [-0.2, 0) is 12.8 Å². The van der Waals surface area contributed by atoms with Crippen LogP contribution in [0.4, 0.5) is 0 Å². The van der Waals surface area contributed by atoms with Gasteiger partial charge in [-0.1, -0.05) is 12.1 Å². The second-order valence-electron chi connectivity index (χ2n) is 5.17. The van der Waals surface area contributed by atoms with Gasteiger partial charge in [-0.25, -0.2) is 0 Å². The maximum atomic E-state index is 9.76. The van der Waals surface area contributed by atoms with E-state index in [-0.39, 0.29) is 11.5 Å². The highest BCUT2D eigenvalue weighted by Gasteiger charge is 2.09. The molecule has 0 amide bonds. The number of phenols is 2. The van der Waals surface area contributed by atoms with Crippen molar-refractivity contribution in [1.82, 2.24) is 0 Å². The van der Waals surface area contributed by atoms with Gasteiger partial charge in [0.2, 0.25) is 0 Å². The number of aromatic hydroxyl groups is 2. The van der Waals surface area contributed by atoms with Crippen LogP contribution in [0.5, 0.6) is 11.5 Å². The van der Waals surface area contributed by atoms with Gasteiger partial charge in [0.05, 0.1) is 0 Å². The number of hydrogen-bond donors (Lipinski definition) is 2. The Labute approximate surface area is 120 Å². The van der Waals surface area contributed by atoms with E-state index in [1.165, 1.54) is 5.56 Å². The second kappa shape index (κ2) is 5.83. The maximum Gasteiger partial charge on any atom is 0.116 e. The first-order chi connectivity index (χ1) is 9.51. The Morgan fingerprint density at radius 1 is 0.950 bits per heavy atom. The highest BCUT2D eigenvalue weighted by molar-refractivity contribution is 5.45. The summed E-state index contributed by atoms with van der Waals surface area (Å²) in [4.78, 5) is 0. The minimum absolute atomic E-state index is 0.266. The third-order valence-corrected chi connectivity index (χ3v) is 3.69. The summed E-state index contributed by atoms with van der Waals surface area (Å²) in [6.45, 7) is 7.82. The lowest BCUT2D eigenvalue weighted by molar-refractivity contribution is 0.474. The molecule has 0 aliphatic heterocycles. The first kappa shape index (κ1) is 14.2. The van der Waals surface area contributed by atoms with Crippen molar-refractivity contribution in [3.8, 4) is 11.5 Å². The number of aryl methyl sites for hydroxylation is 1. The fourth-order valence-electron chi connectivity index (χ4n) is 2.43. The molecular weight excluding hydrogens is 248 g/mol. The lowest BCUT2D eigenvalue weighted by Crippen LogP contribution is -1.98. The molecule has 0 bridgehead atoms. The molecule has 2 rings (SSSR count). The number of allylic oxidation sites excluding steroid dienone is 1. The standard InChI is InChI=1S/C18H20O2/c1-4-5-14-6-7-17(19)11-16(14)9-15-10-18(20)8-12(2)13(15)3/h4,6-8,10-11,19-20H,1,5,9H2,2-3H3. The minimum atomic E-state index is 0.266. The molecule has 104 valence electrons. The molecule has 0 radical (unpaired) electrons. The van der Waals surface area contributed by atoms with Crippen LogP contribution < -0.4 is 0 Å². The quantitative estimate of drug-likeness (QED) is 0.822. The van der Waals surface area contributed by atoms with Crippen molar-refractivity contribution < 1.29 is 10.2 Å². The van der Waals surface area contributed by atoms with E-state index in [1.54, 1.807) is 24.3 Å². The van der Waals surface area contributed by atoms with Crippen LogP contribution in [-0.4, -0.2) is 10.2 Å².